The Labute approximate surface area is 128 Å². The minimum atomic E-state index is -0.709. The van der Waals surface area contributed by atoms with Gasteiger partial charge >= 0.3 is 6.03 Å². The molecule has 1 saturated carbocycles. The molecule has 0 atom stereocenters. The van der Waals surface area contributed by atoms with E-state index in [0.29, 0.717) is 31.5 Å². The third-order valence-corrected chi connectivity index (χ3v) is 4.87. The van der Waals surface area contributed by atoms with E-state index < -0.39 is 5.54 Å². The number of amides is 4. The summed E-state index contributed by atoms with van der Waals surface area (Å²) in [5, 5.41) is 2.87. The number of urea groups is 1. The highest BCUT2D eigenvalue weighted by molar-refractivity contribution is 6.23. The molecule has 1 aromatic carbocycles. The molecular weight excluding hydrogens is 282 g/mol. The van der Waals surface area contributed by atoms with Gasteiger partial charge in [0.15, 0.2) is 0 Å². The van der Waals surface area contributed by atoms with Gasteiger partial charge in [-0.05, 0) is 31.0 Å². The maximum absolute atomic E-state index is 12.7. The van der Waals surface area contributed by atoms with Crippen molar-refractivity contribution in [2.24, 2.45) is 0 Å². The van der Waals surface area contributed by atoms with Crippen molar-refractivity contribution >= 4 is 29.2 Å². The van der Waals surface area contributed by atoms with Gasteiger partial charge < -0.3 is 10.2 Å². The minimum absolute atomic E-state index is 0.0709. The molecule has 0 unspecified atom stereocenters. The van der Waals surface area contributed by atoms with Crippen molar-refractivity contribution in [2.45, 2.75) is 37.6 Å². The maximum Gasteiger partial charge on any atom is 0.329 e. The highest BCUT2D eigenvalue weighted by Gasteiger charge is 2.52. The number of hydrogen-bond donors (Lipinski definition) is 1. The number of nitrogens with zero attached hydrogens (tertiary/aromatic N) is 2. The molecule has 1 aliphatic carbocycles. The van der Waals surface area contributed by atoms with E-state index in [1.165, 1.54) is 4.90 Å². The topological polar surface area (TPSA) is 69.7 Å². The maximum atomic E-state index is 12.7. The van der Waals surface area contributed by atoms with E-state index in [4.69, 9.17) is 0 Å². The second kappa shape index (κ2) is 4.56. The third kappa shape index (κ3) is 1.76. The molecule has 0 bridgehead atoms. The Morgan fingerprint density at radius 1 is 1.05 bits per heavy atom. The van der Waals surface area contributed by atoms with Crippen LogP contribution in [-0.4, -0.2) is 29.9 Å². The fourth-order valence-corrected chi connectivity index (χ4v) is 3.56. The Bertz CT molecular complexity index is 679. The summed E-state index contributed by atoms with van der Waals surface area (Å²) in [6.07, 6.45) is 3.89. The van der Waals surface area contributed by atoms with Gasteiger partial charge in [0.25, 0.3) is 5.91 Å². The molecule has 2 aliphatic heterocycles. The number of carbonyl (C=O) groups is 3. The van der Waals surface area contributed by atoms with Crippen molar-refractivity contribution in [2.75, 3.05) is 16.3 Å². The molecule has 2 saturated heterocycles. The molecule has 1 spiro atoms. The van der Waals surface area contributed by atoms with Crippen molar-refractivity contribution in [1.82, 2.24) is 5.32 Å². The fraction of sp³-hybridized carbons (Fsp3) is 0.438. The zero-order valence-electron chi connectivity index (χ0n) is 12.2. The summed E-state index contributed by atoms with van der Waals surface area (Å²) in [5.41, 5.74) is 0.560. The number of β-lactam (4-membered cyclic amide) rings is 1. The second-order valence-corrected chi connectivity index (χ2v) is 6.18. The Hall–Kier alpha value is -2.37. The summed E-state index contributed by atoms with van der Waals surface area (Å²) < 4.78 is 0. The first-order valence-electron chi connectivity index (χ1n) is 7.68. The van der Waals surface area contributed by atoms with Gasteiger partial charge in [-0.15, -0.1) is 0 Å². The van der Waals surface area contributed by atoms with Gasteiger partial charge in [-0.1, -0.05) is 18.9 Å². The van der Waals surface area contributed by atoms with Crippen LogP contribution >= 0.6 is 0 Å². The standard InChI is InChI=1S/C16H17N3O3/c20-13-6-9-18(13)11-4-3-5-12(10-11)19-14(21)16(17-15(19)22)7-1-2-8-16/h3-5,10H,1-2,6-9H2,(H,17,22). The number of benzene rings is 1. The van der Waals surface area contributed by atoms with Crippen LogP contribution in [0.5, 0.6) is 0 Å². The van der Waals surface area contributed by atoms with Crippen LogP contribution < -0.4 is 15.1 Å². The summed E-state index contributed by atoms with van der Waals surface area (Å²) in [6, 6.07) is 6.71. The van der Waals surface area contributed by atoms with Gasteiger partial charge in [0.2, 0.25) is 5.91 Å². The quantitative estimate of drug-likeness (QED) is 0.668. The summed E-state index contributed by atoms with van der Waals surface area (Å²) in [4.78, 5) is 39.5. The molecule has 4 amide bonds. The zero-order valence-corrected chi connectivity index (χ0v) is 12.2. The number of hydrogen-bond acceptors (Lipinski definition) is 3. The molecular formula is C16H17N3O3. The Kier molecular flexibility index (Phi) is 2.76. The van der Waals surface area contributed by atoms with Gasteiger partial charge in [-0.25, -0.2) is 9.69 Å². The minimum Gasteiger partial charge on any atom is -0.323 e. The first-order valence-corrected chi connectivity index (χ1v) is 7.68. The van der Waals surface area contributed by atoms with Crippen molar-refractivity contribution in [3.8, 4) is 0 Å². The van der Waals surface area contributed by atoms with E-state index in [2.05, 4.69) is 5.32 Å². The summed E-state index contributed by atoms with van der Waals surface area (Å²) in [7, 11) is 0. The van der Waals surface area contributed by atoms with Gasteiger partial charge in [-0.2, -0.15) is 0 Å². The summed E-state index contributed by atoms with van der Waals surface area (Å²) in [6.45, 7) is 0.687. The van der Waals surface area contributed by atoms with Crippen molar-refractivity contribution in [3.05, 3.63) is 24.3 Å². The van der Waals surface area contributed by atoms with Crippen molar-refractivity contribution < 1.29 is 14.4 Å². The van der Waals surface area contributed by atoms with Crippen LogP contribution in [0, 0.1) is 0 Å². The van der Waals surface area contributed by atoms with Crippen LogP contribution in [0.25, 0.3) is 0 Å². The molecule has 114 valence electrons. The normalized spacial score (nSPS) is 23.2. The van der Waals surface area contributed by atoms with E-state index in [9.17, 15) is 14.4 Å². The van der Waals surface area contributed by atoms with Crippen molar-refractivity contribution in [1.29, 1.82) is 0 Å². The smallest absolute Gasteiger partial charge is 0.323 e. The SMILES string of the molecule is O=C1CCN1c1cccc(N2C(=O)NC3(CCCC3)C2=O)c1. The van der Waals surface area contributed by atoms with Crippen LogP contribution in [0.3, 0.4) is 0 Å². The highest BCUT2D eigenvalue weighted by atomic mass is 16.2. The number of carbonyl (C=O) groups excluding carboxylic acids is 3. The molecule has 2 heterocycles. The first kappa shape index (κ1) is 13.3. The number of imide groups is 1. The number of rotatable bonds is 2. The second-order valence-electron chi connectivity index (χ2n) is 6.18. The average molecular weight is 299 g/mol. The van der Waals surface area contributed by atoms with Gasteiger partial charge in [-0.3, -0.25) is 9.59 Å². The van der Waals surface area contributed by atoms with E-state index in [0.717, 1.165) is 18.5 Å². The van der Waals surface area contributed by atoms with Crippen molar-refractivity contribution in [3.63, 3.8) is 0 Å². The van der Waals surface area contributed by atoms with Crippen LogP contribution in [0.4, 0.5) is 16.2 Å². The Balaban J connectivity index is 1.67. The van der Waals surface area contributed by atoms with Gasteiger partial charge in [0.1, 0.15) is 5.54 Å². The largest absolute Gasteiger partial charge is 0.329 e. The zero-order chi connectivity index (χ0) is 15.3. The molecule has 0 aromatic heterocycles. The molecule has 0 radical (unpaired) electrons. The number of nitrogens with one attached hydrogen (secondary N) is 1. The van der Waals surface area contributed by atoms with Crippen LogP contribution in [-0.2, 0) is 9.59 Å². The monoisotopic (exact) mass is 299 g/mol. The predicted octanol–water partition coefficient (Wildman–Crippen LogP) is 1.79. The molecule has 4 rings (SSSR count). The Morgan fingerprint density at radius 3 is 2.41 bits per heavy atom. The number of anilines is 2. The van der Waals surface area contributed by atoms with E-state index in [1.807, 2.05) is 6.07 Å². The molecule has 3 aliphatic rings. The highest BCUT2D eigenvalue weighted by Crippen LogP contribution is 2.37. The molecule has 6 nitrogen and oxygen atoms in total. The lowest BCUT2D eigenvalue weighted by molar-refractivity contribution is -0.122. The summed E-state index contributed by atoms with van der Waals surface area (Å²) in [5.74, 6) is -0.0938. The predicted molar refractivity (Wildman–Crippen MR) is 80.6 cm³/mol. The first-order chi connectivity index (χ1) is 10.6. The van der Waals surface area contributed by atoms with Gasteiger partial charge in [0.05, 0.1) is 5.69 Å². The van der Waals surface area contributed by atoms with Gasteiger partial charge in [0, 0.05) is 18.7 Å². The molecule has 3 fully saturated rings. The van der Waals surface area contributed by atoms with Crippen LogP contribution in [0.15, 0.2) is 24.3 Å². The lowest BCUT2D eigenvalue weighted by Crippen LogP contribution is -2.44. The molecule has 22 heavy (non-hydrogen) atoms. The fourth-order valence-electron chi connectivity index (χ4n) is 3.56. The third-order valence-electron chi connectivity index (χ3n) is 4.87. The van der Waals surface area contributed by atoms with E-state index in [-0.39, 0.29) is 17.8 Å². The summed E-state index contributed by atoms with van der Waals surface area (Å²) >= 11 is 0. The molecule has 1 aromatic rings. The van der Waals surface area contributed by atoms with Crippen LogP contribution in [0.2, 0.25) is 0 Å². The average Bonchev–Trinajstić information content (AvgIpc) is 3.04. The lowest BCUT2D eigenvalue weighted by atomic mass is 9.98. The lowest BCUT2D eigenvalue weighted by Gasteiger charge is -2.31. The van der Waals surface area contributed by atoms with E-state index >= 15 is 0 Å². The van der Waals surface area contributed by atoms with E-state index in [1.54, 1.807) is 23.1 Å². The Morgan fingerprint density at radius 2 is 1.77 bits per heavy atom. The molecule has 1 N–H and O–H groups in total. The van der Waals surface area contributed by atoms with Crippen LogP contribution in [0.1, 0.15) is 32.1 Å². The molecule has 6 heteroatoms.